The van der Waals surface area contributed by atoms with Gasteiger partial charge in [-0.3, -0.25) is 0 Å². The Kier molecular flexibility index (Phi) is 2.95. The van der Waals surface area contributed by atoms with Crippen molar-refractivity contribution < 1.29 is 0 Å². The summed E-state index contributed by atoms with van der Waals surface area (Å²) in [5, 5.41) is 14.3. The number of nitrogens with zero attached hydrogens (tertiary/aromatic N) is 4. The minimum absolute atomic E-state index is 0.128. The SMILES string of the molecule is CC(C)(C)c1nnc2sc(-c3c(N)cccc3Cl)nn12. The van der Waals surface area contributed by atoms with Gasteiger partial charge >= 0.3 is 0 Å². The third kappa shape index (κ3) is 2.05. The summed E-state index contributed by atoms with van der Waals surface area (Å²) in [7, 11) is 0. The fraction of sp³-hybridized carbons (Fsp3) is 0.308. The monoisotopic (exact) mass is 307 g/mol. The Balaban J connectivity index is 2.22. The third-order valence-electron chi connectivity index (χ3n) is 2.92. The van der Waals surface area contributed by atoms with Crippen LogP contribution in [-0.2, 0) is 5.41 Å². The molecule has 0 aliphatic rings. The van der Waals surface area contributed by atoms with Crippen molar-refractivity contribution in [1.29, 1.82) is 0 Å². The van der Waals surface area contributed by atoms with E-state index in [-0.39, 0.29) is 5.41 Å². The van der Waals surface area contributed by atoms with E-state index in [9.17, 15) is 0 Å². The van der Waals surface area contributed by atoms with E-state index in [0.717, 1.165) is 21.4 Å². The zero-order valence-corrected chi connectivity index (χ0v) is 13.0. The van der Waals surface area contributed by atoms with Gasteiger partial charge in [0.2, 0.25) is 4.96 Å². The number of aromatic nitrogens is 4. The maximum absolute atomic E-state index is 6.23. The van der Waals surface area contributed by atoms with Crippen LogP contribution in [0.1, 0.15) is 26.6 Å². The van der Waals surface area contributed by atoms with Crippen molar-refractivity contribution in [2.24, 2.45) is 0 Å². The summed E-state index contributed by atoms with van der Waals surface area (Å²) in [4.78, 5) is 0.740. The number of halogens is 1. The topological polar surface area (TPSA) is 69.1 Å². The molecule has 2 N–H and O–H groups in total. The predicted octanol–water partition coefficient (Wildman–Crippen LogP) is 3.39. The molecule has 0 spiro atoms. The van der Waals surface area contributed by atoms with Crippen LogP contribution in [0, 0.1) is 0 Å². The molecule has 7 heteroatoms. The first kappa shape index (κ1) is 13.3. The van der Waals surface area contributed by atoms with Gasteiger partial charge in [-0.2, -0.15) is 9.61 Å². The molecule has 20 heavy (non-hydrogen) atoms. The Bertz CT molecular complexity index is 764. The lowest BCUT2D eigenvalue weighted by atomic mass is 9.96. The lowest BCUT2D eigenvalue weighted by molar-refractivity contribution is 0.528. The average molecular weight is 308 g/mol. The van der Waals surface area contributed by atoms with E-state index < -0.39 is 0 Å². The van der Waals surface area contributed by atoms with Crippen LogP contribution in [0.5, 0.6) is 0 Å². The predicted molar refractivity (Wildman–Crippen MR) is 82.2 cm³/mol. The van der Waals surface area contributed by atoms with Gasteiger partial charge in [0.05, 0.1) is 10.6 Å². The van der Waals surface area contributed by atoms with E-state index in [1.165, 1.54) is 11.3 Å². The highest BCUT2D eigenvalue weighted by Crippen LogP contribution is 2.36. The highest BCUT2D eigenvalue weighted by Gasteiger charge is 2.24. The van der Waals surface area contributed by atoms with Crippen molar-refractivity contribution in [3.63, 3.8) is 0 Å². The molecule has 1 aromatic carbocycles. The van der Waals surface area contributed by atoms with E-state index in [1.807, 2.05) is 12.1 Å². The molecular weight excluding hydrogens is 294 g/mol. The first-order valence-corrected chi connectivity index (χ1v) is 7.34. The summed E-state index contributed by atoms with van der Waals surface area (Å²) in [6.07, 6.45) is 0. The highest BCUT2D eigenvalue weighted by atomic mass is 35.5. The molecule has 2 heterocycles. The molecule has 0 aliphatic carbocycles. The van der Waals surface area contributed by atoms with Gasteiger partial charge in [0, 0.05) is 11.1 Å². The molecule has 104 valence electrons. The van der Waals surface area contributed by atoms with E-state index >= 15 is 0 Å². The van der Waals surface area contributed by atoms with E-state index in [1.54, 1.807) is 10.6 Å². The summed E-state index contributed by atoms with van der Waals surface area (Å²) < 4.78 is 1.77. The van der Waals surface area contributed by atoms with Crippen LogP contribution in [0.2, 0.25) is 5.02 Å². The molecule has 0 saturated carbocycles. The number of hydrogen-bond acceptors (Lipinski definition) is 5. The Morgan fingerprint density at radius 3 is 2.65 bits per heavy atom. The van der Waals surface area contributed by atoms with Crippen molar-refractivity contribution in [3.05, 3.63) is 29.0 Å². The molecule has 0 fully saturated rings. The van der Waals surface area contributed by atoms with Crippen molar-refractivity contribution in [3.8, 4) is 10.6 Å². The largest absolute Gasteiger partial charge is 0.398 e. The maximum atomic E-state index is 6.23. The van der Waals surface area contributed by atoms with Gasteiger partial charge in [-0.05, 0) is 12.1 Å². The molecule has 3 rings (SSSR count). The number of benzene rings is 1. The van der Waals surface area contributed by atoms with Crippen LogP contribution in [0.4, 0.5) is 5.69 Å². The maximum Gasteiger partial charge on any atom is 0.235 e. The Hall–Kier alpha value is -1.66. The van der Waals surface area contributed by atoms with Crippen LogP contribution in [0.15, 0.2) is 18.2 Å². The van der Waals surface area contributed by atoms with Crippen LogP contribution in [-0.4, -0.2) is 19.8 Å². The Morgan fingerprint density at radius 1 is 1.25 bits per heavy atom. The fourth-order valence-electron chi connectivity index (χ4n) is 1.95. The minimum atomic E-state index is -0.128. The molecular formula is C13H14ClN5S. The van der Waals surface area contributed by atoms with E-state index in [2.05, 4.69) is 36.1 Å². The van der Waals surface area contributed by atoms with Crippen molar-refractivity contribution >= 4 is 33.6 Å². The fourth-order valence-corrected chi connectivity index (χ4v) is 3.20. The van der Waals surface area contributed by atoms with Gasteiger partial charge in [0.1, 0.15) is 0 Å². The van der Waals surface area contributed by atoms with Crippen LogP contribution < -0.4 is 5.73 Å². The van der Waals surface area contributed by atoms with E-state index in [0.29, 0.717) is 10.7 Å². The molecule has 0 aliphatic heterocycles. The molecule has 0 amide bonds. The molecule has 2 aromatic heterocycles. The minimum Gasteiger partial charge on any atom is -0.398 e. The second-order valence-electron chi connectivity index (χ2n) is 5.58. The molecule has 5 nitrogen and oxygen atoms in total. The Labute approximate surface area is 125 Å². The summed E-state index contributed by atoms with van der Waals surface area (Å²) in [6.45, 7) is 6.23. The summed E-state index contributed by atoms with van der Waals surface area (Å²) >= 11 is 7.66. The second kappa shape index (κ2) is 4.43. The smallest absolute Gasteiger partial charge is 0.235 e. The van der Waals surface area contributed by atoms with Gasteiger partial charge in [0.25, 0.3) is 0 Å². The number of anilines is 1. The summed E-state index contributed by atoms with van der Waals surface area (Å²) in [6, 6.07) is 5.44. The third-order valence-corrected chi connectivity index (χ3v) is 4.15. The van der Waals surface area contributed by atoms with Crippen molar-refractivity contribution in [1.82, 2.24) is 19.8 Å². The molecule has 0 atom stereocenters. The number of rotatable bonds is 1. The Morgan fingerprint density at radius 2 is 2.00 bits per heavy atom. The first-order chi connectivity index (χ1) is 9.38. The summed E-state index contributed by atoms with van der Waals surface area (Å²) in [5.41, 5.74) is 7.24. The quantitative estimate of drug-likeness (QED) is 0.700. The van der Waals surface area contributed by atoms with Crippen LogP contribution in [0.3, 0.4) is 0 Å². The summed E-state index contributed by atoms with van der Waals surface area (Å²) in [5.74, 6) is 0.820. The van der Waals surface area contributed by atoms with Crippen LogP contribution in [0.25, 0.3) is 15.5 Å². The number of nitrogens with two attached hydrogens (primary N) is 1. The lowest BCUT2D eigenvalue weighted by Crippen LogP contribution is -2.16. The van der Waals surface area contributed by atoms with Gasteiger partial charge < -0.3 is 5.73 Å². The van der Waals surface area contributed by atoms with Crippen molar-refractivity contribution in [2.75, 3.05) is 5.73 Å². The highest BCUT2D eigenvalue weighted by molar-refractivity contribution is 7.20. The van der Waals surface area contributed by atoms with Gasteiger partial charge in [-0.1, -0.05) is 49.8 Å². The second-order valence-corrected chi connectivity index (χ2v) is 6.94. The van der Waals surface area contributed by atoms with Gasteiger partial charge in [0.15, 0.2) is 10.8 Å². The lowest BCUT2D eigenvalue weighted by Gasteiger charge is -2.13. The standard InChI is InChI=1S/C13H14ClN5S/c1-13(2,3)11-16-17-12-19(11)18-10(20-12)9-7(14)5-4-6-8(9)15/h4-6H,15H2,1-3H3. The number of hydrogen-bond donors (Lipinski definition) is 1. The van der Waals surface area contributed by atoms with Gasteiger partial charge in [-0.15, -0.1) is 10.2 Å². The average Bonchev–Trinajstić information content (AvgIpc) is 2.86. The normalized spacial score (nSPS) is 12.2. The molecule has 0 unspecified atom stereocenters. The van der Waals surface area contributed by atoms with Crippen molar-refractivity contribution in [2.45, 2.75) is 26.2 Å². The van der Waals surface area contributed by atoms with Gasteiger partial charge in [-0.25, -0.2) is 0 Å². The number of fused-ring (bicyclic) bond motifs is 1. The first-order valence-electron chi connectivity index (χ1n) is 6.15. The molecule has 0 saturated heterocycles. The number of nitrogen functional groups attached to an aromatic ring is 1. The zero-order chi connectivity index (χ0) is 14.5. The zero-order valence-electron chi connectivity index (χ0n) is 11.4. The molecule has 0 radical (unpaired) electrons. The van der Waals surface area contributed by atoms with Crippen LogP contribution >= 0.6 is 22.9 Å². The van der Waals surface area contributed by atoms with E-state index in [4.69, 9.17) is 17.3 Å². The molecule has 0 bridgehead atoms. The molecule has 3 aromatic rings.